The van der Waals surface area contributed by atoms with Crippen LogP contribution >= 0.6 is 0 Å². The molecule has 2 aromatic rings. The van der Waals surface area contributed by atoms with Crippen LogP contribution in [0, 0.1) is 23.6 Å². The summed E-state index contributed by atoms with van der Waals surface area (Å²) in [4.78, 5) is 54.1. The fraction of sp³-hybridized carbons (Fsp3) is 0.515. The van der Waals surface area contributed by atoms with E-state index in [0.717, 1.165) is 5.56 Å². The summed E-state index contributed by atoms with van der Waals surface area (Å²) in [7, 11) is 0. The van der Waals surface area contributed by atoms with Crippen LogP contribution in [0.15, 0.2) is 54.6 Å². The quantitative estimate of drug-likeness (QED) is 0.289. The van der Waals surface area contributed by atoms with E-state index in [1.165, 1.54) is 24.3 Å². The van der Waals surface area contributed by atoms with Gasteiger partial charge >= 0.3 is 5.97 Å². The maximum atomic E-state index is 13.6. The number of rotatable bonds is 17. The van der Waals surface area contributed by atoms with Gasteiger partial charge in [0.25, 0.3) is 0 Å². The van der Waals surface area contributed by atoms with Gasteiger partial charge < -0.3 is 15.2 Å². The van der Waals surface area contributed by atoms with Gasteiger partial charge in [-0.1, -0.05) is 56.3 Å². The molecule has 2 N–H and O–H groups in total. The highest BCUT2D eigenvalue weighted by atomic mass is 19.1. The van der Waals surface area contributed by atoms with Crippen molar-refractivity contribution in [2.75, 3.05) is 32.8 Å². The van der Waals surface area contributed by atoms with E-state index in [0.29, 0.717) is 51.1 Å². The number of benzene rings is 2. The molecule has 0 aromatic heterocycles. The number of amides is 1. The SMILES string of the molecule is CC(C)C[C@H](NC(=O)[C@H](CCc1ccccc1)CC(=O)CN1CCOCC1)C(=O)C[C@@H](Cc1ccc(F)cc1)C(=O)O. The molecule has 228 valence electrons. The highest BCUT2D eigenvalue weighted by Crippen LogP contribution is 2.20. The number of hydrogen-bond acceptors (Lipinski definition) is 6. The Morgan fingerprint density at radius 3 is 2.21 bits per heavy atom. The molecular formula is C33H43FN2O6. The van der Waals surface area contributed by atoms with Gasteiger partial charge in [0.2, 0.25) is 5.91 Å². The van der Waals surface area contributed by atoms with Crippen molar-refractivity contribution in [3.05, 3.63) is 71.5 Å². The Labute approximate surface area is 247 Å². The number of ketones is 2. The minimum Gasteiger partial charge on any atom is -0.481 e. The monoisotopic (exact) mass is 582 g/mol. The molecule has 0 spiro atoms. The van der Waals surface area contributed by atoms with Crippen LogP contribution in [-0.2, 0) is 36.8 Å². The molecule has 0 radical (unpaired) electrons. The second-order valence-electron chi connectivity index (χ2n) is 11.6. The number of morpholine rings is 1. The number of carbonyl (C=O) groups excluding carboxylic acids is 3. The van der Waals surface area contributed by atoms with E-state index in [1.54, 1.807) is 0 Å². The van der Waals surface area contributed by atoms with Gasteiger partial charge in [-0.15, -0.1) is 0 Å². The van der Waals surface area contributed by atoms with E-state index < -0.39 is 29.7 Å². The number of halogens is 1. The number of carbonyl (C=O) groups is 4. The summed E-state index contributed by atoms with van der Waals surface area (Å²) in [5, 5.41) is 12.7. The first kappa shape index (κ1) is 33.1. The molecule has 9 heteroatoms. The third-order valence-electron chi connectivity index (χ3n) is 7.58. The molecule has 1 heterocycles. The number of nitrogens with zero attached hydrogens (tertiary/aromatic N) is 1. The fourth-order valence-electron chi connectivity index (χ4n) is 5.23. The molecule has 1 aliphatic heterocycles. The number of hydrogen-bond donors (Lipinski definition) is 2. The maximum absolute atomic E-state index is 13.6. The minimum atomic E-state index is -1.13. The second kappa shape index (κ2) is 16.9. The number of ether oxygens (including phenoxy) is 1. The van der Waals surface area contributed by atoms with Crippen molar-refractivity contribution in [3.63, 3.8) is 0 Å². The van der Waals surface area contributed by atoms with Crippen molar-refractivity contribution in [1.29, 1.82) is 0 Å². The molecule has 0 bridgehead atoms. The molecule has 0 aliphatic carbocycles. The number of aryl methyl sites for hydroxylation is 1. The van der Waals surface area contributed by atoms with Gasteiger partial charge in [0.1, 0.15) is 11.6 Å². The summed E-state index contributed by atoms with van der Waals surface area (Å²) in [6.45, 7) is 6.58. The third kappa shape index (κ3) is 11.4. The zero-order valence-electron chi connectivity index (χ0n) is 24.6. The van der Waals surface area contributed by atoms with E-state index in [2.05, 4.69) is 5.32 Å². The summed E-state index contributed by atoms with van der Waals surface area (Å²) in [5.74, 6) is -3.91. The lowest BCUT2D eigenvalue weighted by Gasteiger charge is -2.27. The van der Waals surface area contributed by atoms with Gasteiger partial charge in [0, 0.05) is 31.8 Å². The first-order valence-electron chi connectivity index (χ1n) is 14.8. The molecule has 0 unspecified atom stereocenters. The zero-order chi connectivity index (χ0) is 30.5. The Hall–Kier alpha value is -3.43. The summed E-state index contributed by atoms with van der Waals surface area (Å²) < 4.78 is 18.7. The average molecular weight is 583 g/mol. The molecular weight excluding hydrogens is 539 g/mol. The Kier molecular flexibility index (Phi) is 13.3. The molecule has 42 heavy (non-hydrogen) atoms. The van der Waals surface area contributed by atoms with Crippen molar-refractivity contribution in [1.82, 2.24) is 10.2 Å². The lowest BCUT2D eigenvalue weighted by molar-refractivity contribution is -0.144. The first-order chi connectivity index (χ1) is 20.1. The summed E-state index contributed by atoms with van der Waals surface area (Å²) >= 11 is 0. The van der Waals surface area contributed by atoms with E-state index >= 15 is 0 Å². The minimum absolute atomic E-state index is 0.0397. The number of carboxylic acid groups (broad SMARTS) is 1. The van der Waals surface area contributed by atoms with Gasteiger partial charge in [-0.05, 0) is 54.9 Å². The topological polar surface area (TPSA) is 113 Å². The highest BCUT2D eigenvalue weighted by molar-refractivity contribution is 5.93. The molecule has 3 rings (SSSR count). The molecule has 1 amide bonds. The number of nitrogens with one attached hydrogen (secondary N) is 1. The summed E-state index contributed by atoms with van der Waals surface area (Å²) in [5.41, 5.74) is 1.66. The molecule has 1 aliphatic rings. The smallest absolute Gasteiger partial charge is 0.307 e. The number of aliphatic carboxylic acids is 1. The zero-order valence-corrected chi connectivity index (χ0v) is 24.6. The highest BCUT2D eigenvalue weighted by Gasteiger charge is 2.31. The van der Waals surface area contributed by atoms with Crippen LogP contribution in [0.4, 0.5) is 4.39 Å². The molecule has 1 saturated heterocycles. The predicted octanol–water partition coefficient (Wildman–Crippen LogP) is 4.10. The summed E-state index contributed by atoms with van der Waals surface area (Å²) in [6, 6.07) is 14.4. The first-order valence-corrected chi connectivity index (χ1v) is 14.8. The van der Waals surface area contributed by atoms with Crippen LogP contribution in [0.5, 0.6) is 0 Å². The molecule has 3 atom stereocenters. The Morgan fingerprint density at radius 1 is 0.929 bits per heavy atom. The Bertz CT molecular complexity index is 1160. The van der Waals surface area contributed by atoms with Crippen LogP contribution in [0.1, 0.15) is 50.7 Å². The molecule has 8 nitrogen and oxygen atoms in total. The lowest BCUT2D eigenvalue weighted by atomic mass is 9.88. The Balaban J connectivity index is 1.70. The van der Waals surface area contributed by atoms with Crippen LogP contribution in [0.3, 0.4) is 0 Å². The van der Waals surface area contributed by atoms with E-state index in [4.69, 9.17) is 4.74 Å². The van der Waals surface area contributed by atoms with Crippen LogP contribution in [0.2, 0.25) is 0 Å². The van der Waals surface area contributed by atoms with E-state index in [-0.39, 0.29) is 49.2 Å². The largest absolute Gasteiger partial charge is 0.481 e. The Morgan fingerprint density at radius 2 is 1.60 bits per heavy atom. The van der Waals surface area contributed by atoms with Crippen molar-refractivity contribution in [2.24, 2.45) is 17.8 Å². The number of Topliss-reactive ketones (excluding diaryl/α,β-unsaturated/α-hetero) is 2. The summed E-state index contributed by atoms with van der Waals surface area (Å²) in [6.07, 6.45) is 1.25. The van der Waals surface area contributed by atoms with Crippen molar-refractivity contribution in [3.8, 4) is 0 Å². The molecule has 0 saturated carbocycles. The van der Waals surface area contributed by atoms with Gasteiger partial charge in [0.05, 0.1) is 31.7 Å². The molecule has 1 fully saturated rings. The normalized spacial score (nSPS) is 16.0. The van der Waals surface area contributed by atoms with Crippen LogP contribution in [0.25, 0.3) is 0 Å². The number of carboxylic acids is 1. The maximum Gasteiger partial charge on any atom is 0.307 e. The predicted molar refractivity (Wildman–Crippen MR) is 157 cm³/mol. The van der Waals surface area contributed by atoms with Crippen molar-refractivity contribution < 1.29 is 33.4 Å². The van der Waals surface area contributed by atoms with Gasteiger partial charge in [-0.2, -0.15) is 0 Å². The second-order valence-corrected chi connectivity index (χ2v) is 11.6. The van der Waals surface area contributed by atoms with Crippen LogP contribution < -0.4 is 5.32 Å². The van der Waals surface area contributed by atoms with Gasteiger partial charge in [-0.3, -0.25) is 24.1 Å². The standard InChI is InChI=1S/C33H43FN2O6/c1-23(2)18-30(31(38)21-27(33(40)41)19-25-9-12-28(34)13-10-25)35-32(39)26(11-8-24-6-4-3-5-7-24)20-29(37)22-36-14-16-42-17-15-36/h3-7,9-10,12-13,23,26-27,30H,8,11,14-22H2,1-2H3,(H,35,39)(H,40,41)/t26-,27-,30+/m1/s1. The van der Waals surface area contributed by atoms with Gasteiger partial charge in [0.15, 0.2) is 5.78 Å². The molecule has 2 aromatic carbocycles. The van der Waals surface area contributed by atoms with E-state index in [1.807, 2.05) is 49.1 Å². The average Bonchev–Trinajstić information content (AvgIpc) is 2.96. The van der Waals surface area contributed by atoms with Crippen molar-refractivity contribution >= 4 is 23.4 Å². The lowest BCUT2D eigenvalue weighted by Crippen LogP contribution is -2.46. The fourth-order valence-corrected chi connectivity index (χ4v) is 5.23. The van der Waals surface area contributed by atoms with E-state index in [9.17, 15) is 28.7 Å². The van der Waals surface area contributed by atoms with Crippen LogP contribution in [-0.4, -0.2) is 72.3 Å². The third-order valence-corrected chi connectivity index (χ3v) is 7.58. The van der Waals surface area contributed by atoms with Gasteiger partial charge in [-0.25, -0.2) is 4.39 Å². The van der Waals surface area contributed by atoms with Crippen molar-refractivity contribution in [2.45, 2.75) is 58.4 Å².